The van der Waals surface area contributed by atoms with Gasteiger partial charge in [0.05, 0.1) is 12.9 Å². The molecule has 4 rings (SSSR count). The molecule has 0 radical (unpaired) electrons. The molecule has 1 aliphatic rings. The first-order valence-electron chi connectivity index (χ1n) is 8.98. The summed E-state index contributed by atoms with van der Waals surface area (Å²) >= 11 is 1.27. The number of benzene rings is 2. The Morgan fingerprint density at radius 1 is 1.07 bits per heavy atom. The molecule has 1 aliphatic carbocycles. The number of ketones is 1. The third kappa shape index (κ3) is 4.06. The van der Waals surface area contributed by atoms with Gasteiger partial charge >= 0.3 is 0 Å². The monoisotopic (exact) mass is 380 g/mol. The lowest BCUT2D eigenvalue weighted by atomic mass is 9.90. The summed E-state index contributed by atoms with van der Waals surface area (Å²) in [5, 5.41) is 8.49. The predicted molar refractivity (Wildman–Crippen MR) is 104 cm³/mol. The van der Waals surface area contributed by atoms with Crippen molar-refractivity contribution < 1.29 is 13.9 Å². The third-order valence-electron chi connectivity index (χ3n) is 4.74. The van der Waals surface area contributed by atoms with Gasteiger partial charge in [0, 0.05) is 11.1 Å². The van der Waals surface area contributed by atoms with Crippen LogP contribution >= 0.6 is 11.8 Å². The number of methoxy groups -OCH3 is 1. The number of fused-ring (bicyclic) bond motifs is 1. The molecule has 0 aliphatic heterocycles. The van der Waals surface area contributed by atoms with E-state index in [0.29, 0.717) is 11.1 Å². The van der Waals surface area contributed by atoms with Crippen molar-refractivity contribution in [1.29, 1.82) is 0 Å². The van der Waals surface area contributed by atoms with Crippen LogP contribution in [0.4, 0.5) is 0 Å². The molecule has 27 heavy (non-hydrogen) atoms. The molecule has 1 heterocycles. The van der Waals surface area contributed by atoms with Crippen LogP contribution in [0, 0.1) is 0 Å². The Balaban J connectivity index is 1.40. The Kier molecular flexibility index (Phi) is 5.25. The van der Waals surface area contributed by atoms with Crippen LogP contribution in [0.15, 0.2) is 52.1 Å². The van der Waals surface area contributed by atoms with Crippen molar-refractivity contribution >= 4 is 17.5 Å². The molecular weight excluding hydrogens is 360 g/mol. The number of carbonyl (C=O) groups excluding carboxylic acids is 1. The lowest BCUT2D eigenvalue weighted by Crippen LogP contribution is -2.07. The zero-order chi connectivity index (χ0) is 18.6. The van der Waals surface area contributed by atoms with E-state index < -0.39 is 0 Å². The molecule has 0 fully saturated rings. The van der Waals surface area contributed by atoms with Crippen LogP contribution in [0.3, 0.4) is 0 Å². The maximum Gasteiger partial charge on any atom is 0.277 e. The minimum Gasteiger partial charge on any atom is -0.497 e. The maximum absolute atomic E-state index is 12.5. The van der Waals surface area contributed by atoms with Gasteiger partial charge in [-0.15, -0.1) is 10.2 Å². The first kappa shape index (κ1) is 17.8. The van der Waals surface area contributed by atoms with Crippen LogP contribution in [-0.4, -0.2) is 28.8 Å². The van der Waals surface area contributed by atoms with Crippen LogP contribution < -0.4 is 4.74 Å². The molecule has 0 N–H and O–H groups in total. The smallest absolute Gasteiger partial charge is 0.277 e. The van der Waals surface area contributed by atoms with E-state index in [0.717, 1.165) is 29.7 Å². The highest BCUT2D eigenvalue weighted by Gasteiger charge is 2.15. The molecular formula is C21H20N2O3S. The molecule has 0 saturated carbocycles. The quantitative estimate of drug-likeness (QED) is 0.460. The molecule has 0 amide bonds. The van der Waals surface area contributed by atoms with E-state index in [2.05, 4.69) is 16.3 Å². The zero-order valence-electron chi connectivity index (χ0n) is 15.1. The van der Waals surface area contributed by atoms with Gasteiger partial charge in [0.1, 0.15) is 5.75 Å². The number of ether oxygens (including phenoxy) is 1. The minimum absolute atomic E-state index is 0.0811. The number of aromatic nitrogens is 2. The number of nitrogens with zero attached hydrogens (tertiary/aromatic N) is 2. The highest BCUT2D eigenvalue weighted by Crippen LogP contribution is 2.26. The van der Waals surface area contributed by atoms with Crippen molar-refractivity contribution in [3.8, 4) is 17.2 Å². The summed E-state index contributed by atoms with van der Waals surface area (Å²) in [6, 6.07) is 13.5. The summed E-state index contributed by atoms with van der Waals surface area (Å²) in [5.74, 6) is 1.56. The van der Waals surface area contributed by atoms with E-state index in [9.17, 15) is 4.79 Å². The van der Waals surface area contributed by atoms with Crippen molar-refractivity contribution in [3.63, 3.8) is 0 Å². The van der Waals surface area contributed by atoms with Crippen molar-refractivity contribution in [2.75, 3.05) is 12.9 Å². The van der Waals surface area contributed by atoms with Gasteiger partial charge in [-0.3, -0.25) is 4.79 Å². The summed E-state index contributed by atoms with van der Waals surface area (Å²) in [5.41, 5.74) is 4.28. The number of aryl methyl sites for hydroxylation is 2. The fourth-order valence-corrected chi connectivity index (χ4v) is 3.89. The number of thioether (sulfide) groups is 1. The summed E-state index contributed by atoms with van der Waals surface area (Å²) in [6.45, 7) is 0. The van der Waals surface area contributed by atoms with Crippen LogP contribution in [0.1, 0.15) is 34.3 Å². The number of hydrogen-bond acceptors (Lipinski definition) is 6. The second-order valence-electron chi connectivity index (χ2n) is 6.50. The van der Waals surface area contributed by atoms with Gasteiger partial charge in [-0.1, -0.05) is 23.9 Å². The Bertz CT molecular complexity index is 950. The van der Waals surface area contributed by atoms with Crippen LogP contribution in [0.5, 0.6) is 5.75 Å². The molecule has 0 spiro atoms. The van der Waals surface area contributed by atoms with E-state index in [1.165, 1.54) is 35.7 Å². The molecule has 5 nitrogen and oxygen atoms in total. The standard InChI is InChI=1S/C21H20N2O3S/c1-25-18-10-8-15(9-11-18)20-22-23-21(26-20)27-13-19(24)17-7-6-14-4-2-3-5-16(14)12-17/h6-12H,2-5,13H2,1H3. The highest BCUT2D eigenvalue weighted by atomic mass is 32.2. The van der Waals surface area contributed by atoms with E-state index in [-0.39, 0.29) is 11.5 Å². The Labute approximate surface area is 162 Å². The van der Waals surface area contributed by atoms with Crippen LogP contribution in [0.2, 0.25) is 0 Å². The van der Waals surface area contributed by atoms with Gasteiger partial charge < -0.3 is 9.15 Å². The summed E-state index contributed by atoms with van der Waals surface area (Å²) < 4.78 is 10.8. The number of Topliss-reactive ketones (excluding diaryl/α,β-unsaturated/α-hetero) is 1. The normalized spacial score (nSPS) is 13.2. The van der Waals surface area contributed by atoms with E-state index in [4.69, 9.17) is 9.15 Å². The van der Waals surface area contributed by atoms with Crippen LogP contribution in [-0.2, 0) is 12.8 Å². The van der Waals surface area contributed by atoms with Crippen molar-refractivity contribution in [2.24, 2.45) is 0 Å². The fraction of sp³-hybridized carbons (Fsp3) is 0.286. The molecule has 6 heteroatoms. The Morgan fingerprint density at radius 2 is 1.85 bits per heavy atom. The second kappa shape index (κ2) is 7.96. The summed E-state index contributed by atoms with van der Waals surface area (Å²) in [6.07, 6.45) is 4.63. The maximum atomic E-state index is 12.5. The van der Waals surface area contributed by atoms with Gasteiger partial charge in [0.25, 0.3) is 5.22 Å². The minimum atomic E-state index is 0.0811. The van der Waals surface area contributed by atoms with Crippen molar-refractivity contribution in [2.45, 2.75) is 30.9 Å². The first-order chi connectivity index (χ1) is 13.2. The molecule has 0 saturated heterocycles. The number of hydrogen-bond donors (Lipinski definition) is 0. The molecule has 0 atom stereocenters. The molecule has 3 aromatic rings. The molecule has 1 aromatic heterocycles. The summed E-state index contributed by atoms with van der Waals surface area (Å²) in [7, 11) is 1.62. The SMILES string of the molecule is COc1ccc(-c2nnc(SCC(=O)c3ccc4c(c3)CCCC4)o2)cc1. The van der Waals surface area contributed by atoms with E-state index >= 15 is 0 Å². The molecule has 2 aromatic carbocycles. The van der Waals surface area contributed by atoms with Gasteiger partial charge in [-0.05, 0) is 67.1 Å². The van der Waals surface area contributed by atoms with E-state index in [1.54, 1.807) is 7.11 Å². The lowest BCUT2D eigenvalue weighted by Gasteiger charge is -2.16. The van der Waals surface area contributed by atoms with Gasteiger partial charge in [-0.25, -0.2) is 0 Å². The second-order valence-corrected chi connectivity index (χ2v) is 7.43. The van der Waals surface area contributed by atoms with Gasteiger partial charge in [0.15, 0.2) is 5.78 Å². The molecule has 138 valence electrons. The topological polar surface area (TPSA) is 65.2 Å². The fourth-order valence-electron chi connectivity index (χ4n) is 3.24. The molecule has 0 unspecified atom stereocenters. The third-order valence-corrected chi connectivity index (χ3v) is 5.56. The van der Waals surface area contributed by atoms with Crippen molar-refractivity contribution in [1.82, 2.24) is 10.2 Å². The van der Waals surface area contributed by atoms with Crippen molar-refractivity contribution in [3.05, 3.63) is 59.2 Å². The largest absolute Gasteiger partial charge is 0.497 e. The highest BCUT2D eigenvalue weighted by molar-refractivity contribution is 7.99. The number of carbonyl (C=O) groups is 1. The van der Waals surface area contributed by atoms with Gasteiger partial charge in [0.2, 0.25) is 5.89 Å². The predicted octanol–water partition coefficient (Wildman–Crippen LogP) is 4.60. The number of rotatable bonds is 6. The Morgan fingerprint density at radius 3 is 2.63 bits per heavy atom. The lowest BCUT2D eigenvalue weighted by molar-refractivity contribution is 0.102. The zero-order valence-corrected chi connectivity index (χ0v) is 15.9. The van der Waals surface area contributed by atoms with E-state index in [1.807, 2.05) is 36.4 Å². The average Bonchev–Trinajstić information content (AvgIpc) is 3.21. The molecule has 0 bridgehead atoms. The average molecular weight is 380 g/mol. The Hall–Kier alpha value is -2.60. The summed E-state index contributed by atoms with van der Waals surface area (Å²) in [4.78, 5) is 12.5. The van der Waals surface area contributed by atoms with Gasteiger partial charge in [-0.2, -0.15) is 0 Å². The van der Waals surface area contributed by atoms with Crippen LogP contribution in [0.25, 0.3) is 11.5 Å². The first-order valence-corrected chi connectivity index (χ1v) is 9.97.